The number of alkyl halides is 1. The van der Waals surface area contributed by atoms with Crippen molar-refractivity contribution in [2.45, 2.75) is 45.6 Å². The van der Waals surface area contributed by atoms with Crippen LogP contribution in [0.2, 0.25) is 0 Å². The molecule has 0 spiro atoms. The van der Waals surface area contributed by atoms with Gasteiger partial charge in [-0.05, 0) is 25.2 Å². The summed E-state index contributed by atoms with van der Waals surface area (Å²) in [6, 6.07) is 0.157. The van der Waals surface area contributed by atoms with Gasteiger partial charge in [0.05, 0.1) is 0 Å². The molecule has 3 heteroatoms. The van der Waals surface area contributed by atoms with E-state index in [0.29, 0.717) is 11.8 Å². The van der Waals surface area contributed by atoms with Crippen molar-refractivity contribution in [3.05, 3.63) is 0 Å². The molecule has 1 aliphatic carbocycles. The molecule has 1 unspecified atom stereocenters. The average Bonchev–Trinajstić information content (AvgIpc) is 1.98. The van der Waals surface area contributed by atoms with Crippen LogP contribution in [0.1, 0.15) is 39.5 Å². The number of halogens is 1. The van der Waals surface area contributed by atoms with E-state index in [9.17, 15) is 4.79 Å². The molecule has 0 radical (unpaired) electrons. The summed E-state index contributed by atoms with van der Waals surface area (Å²) in [6.45, 7) is 4.30. The van der Waals surface area contributed by atoms with E-state index < -0.39 is 0 Å². The van der Waals surface area contributed by atoms with Gasteiger partial charge in [0, 0.05) is 17.8 Å². The molecule has 1 saturated carbocycles. The van der Waals surface area contributed by atoms with Gasteiger partial charge in [-0.25, -0.2) is 0 Å². The van der Waals surface area contributed by atoms with E-state index in [0.717, 1.165) is 19.3 Å². The largest absolute Gasteiger partial charge is 0.352 e. The van der Waals surface area contributed by atoms with Gasteiger partial charge in [0.2, 0.25) is 5.91 Å². The van der Waals surface area contributed by atoms with Gasteiger partial charge in [-0.3, -0.25) is 4.79 Å². The first-order chi connectivity index (χ1) is 6.63. The van der Waals surface area contributed by atoms with E-state index in [2.05, 4.69) is 19.2 Å². The van der Waals surface area contributed by atoms with Crippen LogP contribution in [0.4, 0.5) is 0 Å². The predicted octanol–water partition coefficient (Wildman–Crippen LogP) is 2.56. The molecule has 2 nitrogen and oxygen atoms in total. The molecule has 1 aliphatic rings. The van der Waals surface area contributed by atoms with Gasteiger partial charge < -0.3 is 5.32 Å². The number of amides is 1. The van der Waals surface area contributed by atoms with Crippen molar-refractivity contribution in [3.8, 4) is 0 Å². The fraction of sp³-hybridized carbons (Fsp3) is 0.909. The maximum Gasteiger partial charge on any atom is 0.223 e. The van der Waals surface area contributed by atoms with Crippen LogP contribution in [0.5, 0.6) is 0 Å². The highest BCUT2D eigenvalue weighted by molar-refractivity contribution is 6.18. The number of carbonyl (C=O) groups is 1. The molecule has 1 rings (SSSR count). The van der Waals surface area contributed by atoms with E-state index in [1.54, 1.807) is 0 Å². The summed E-state index contributed by atoms with van der Waals surface area (Å²) >= 11 is 5.81. The molecule has 1 amide bonds. The van der Waals surface area contributed by atoms with Gasteiger partial charge in [0.15, 0.2) is 0 Å². The van der Waals surface area contributed by atoms with Crippen LogP contribution < -0.4 is 5.32 Å². The number of hydrogen-bond donors (Lipinski definition) is 1. The molecule has 0 aromatic carbocycles. The lowest BCUT2D eigenvalue weighted by atomic mass is 9.84. The molecular formula is C11H20ClNO. The third-order valence-corrected chi connectivity index (χ3v) is 3.14. The van der Waals surface area contributed by atoms with Gasteiger partial charge in [0.1, 0.15) is 0 Å². The zero-order valence-corrected chi connectivity index (χ0v) is 9.81. The molecule has 0 aliphatic heterocycles. The summed E-state index contributed by atoms with van der Waals surface area (Å²) in [5, 5.41) is 3.03. The van der Waals surface area contributed by atoms with Gasteiger partial charge in [-0.15, -0.1) is 11.6 Å². The van der Waals surface area contributed by atoms with Crippen LogP contribution in [0.25, 0.3) is 0 Å². The number of carbonyl (C=O) groups excluding carboxylic acids is 1. The van der Waals surface area contributed by atoms with Gasteiger partial charge in [-0.2, -0.15) is 0 Å². The van der Waals surface area contributed by atoms with E-state index >= 15 is 0 Å². The van der Waals surface area contributed by atoms with E-state index in [1.165, 1.54) is 6.42 Å². The monoisotopic (exact) mass is 217 g/mol. The molecule has 0 aromatic rings. The topological polar surface area (TPSA) is 29.1 Å². The zero-order valence-electron chi connectivity index (χ0n) is 9.05. The van der Waals surface area contributed by atoms with Crippen molar-refractivity contribution in [2.75, 3.05) is 5.88 Å². The van der Waals surface area contributed by atoms with Crippen molar-refractivity contribution >= 4 is 17.5 Å². The number of rotatable bonds is 5. The van der Waals surface area contributed by atoms with E-state index in [-0.39, 0.29) is 17.9 Å². The van der Waals surface area contributed by atoms with Gasteiger partial charge in [-0.1, -0.05) is 20.3 Å². The Morgan fingerprint density at radius 3 is 2.50 bits per heavy atom. The van der Waals surface area contributed by atoms with Crippen LogP contribution in [-0.2, 0) is 4.79 Å². The summed E-state index contributed by atoms with van der Waals surface area (Å²) in [5.41, 5.74) is 0. The molecule has 1 N–H and O–H groups in total. The quantitative estimate of drug-likeness (QED) is 0.705. The molecule has 0 bridgehead atoms. The van der Waals surface area contributed by atoms with E-state index in [1.807, 2.05) is 0 Å². The van der Waals surface area contributed by atoms with Crippen LogP contribution in [0, 0.1) is 11.8 Å². The molecule has 1 atom stereocenters. The van der Waals surface area contributed by atoms with Crippen molar-refractivity contribution < 1.29 is 4.79 Å². The van der Waals surface area contributed by atoms with Crippen molar-refractivity contribution in [3.63, 3.8) is 0 Å². The summed E-state index contributed by atoms with van der Waals surface area (Å²) in [5.74, 6) is 1.59. The van der Waals surface area contributed by atoms with Crippen molar-refractivity contribution in [2.24, 2.45) is 11.8 Å². The molecule has 1 fully saturated rings. The summed E-state index contributed by atoms with van der Waals surface area (Å²) in [4.78, 5) is 11.6. The number of hydrogen-bond acceptors (Lipinski definition) is 1. The molecule has 14 heavy (non-hydrogen) atoms. The smallest absolute Gasteiger partial charge is 0.223 e. The minimum atomic E-state index is 0.157. The minimum Gasteiger partial charge on any atom is -0.352 e. The Bertz CT molecular complexity index is 190. The van der Waals surface area contributed by atoms with Crippen molar-refractivity contribution in [1.29, 1.82) is 0 Å². The SMILES string of the molecule is CC(C)CC(CCl)NC(=O)C1CCC1. The van der Waals surface area contributed by atoms with Gasteiger partial charge in [0.25, 0.3) is 0 Å². The van der Waals surface area contributed by atoms with Crippen molar-refractivity contribution in [1.82, 2.24) is 5.32 Å². The summed E-state index contributed by atoms with van der Waals surface area (Å²) in [7, 11) is 0. The molecule has 82 valence electrons. The Kier molecular flexibility index (Phi) is 4.73. The first-order valence-corrected chi connectivity index (χ1v) is 6.03. The Labute approximate surface area is 91.4 Å². The fourth-order valence-corrected chi connectivity index (χ4v) is 1.92. The third kappa shape index (κ3) is 3.49. The summed E-state index contributed by atoms with van der Waals surface area (Å²) < 4.78 is 0. The maximum atomic E-state index is 11.6. The highest BCUT2D eigenvalue weighted by atomic mass is 35.5. The highest BCUT2D eigenvalue weighted by Gasteiger charge is 2.26. The Morgan fingerprint density at radius 2 is 2.14 bits per heavy atom. The Hall–Kier alpha value is -0.240. The zero-order chi connectivity index (χ0) is 10.6. The predicted molar refractivity (Wildman–Crippen MR) is 59.4 cm³/mol. The van der Waals surface area contributed by atoms with Crippen LogP contribution in [0.15, 0.2) is 0 Å². The van der Waals surface area contributed by atoms with Crippen LogP contribution in [-0.4, -0.2) is 17.8 Å². The first-order valence-electron chi connectivity index (χ1n) is 5.49. The second kappa shape index (κ2) is 5.59. The maximum absolute atomic E-state index is 11.6. The average molecular weight is 218 g/mol. The van der Waals surface area contributed by atoms with E-state index in [4.69, 9.17) is 11.6 Å². The second-order valence-electron chi connectivity index (χ2n) is 4.62. The molecule has 0 aromatic heterocycles. The van der Waals surface area contributed by atoms with Gasteiger partial charge >= 0.3 is 0 Å². The normalized spacial score (nSPS) is 19.1. The Balaban J connectivity index is 2.27. The lowest BCUT2D eigenvalue weighted by Crippen LogP contribution is -2.42. The summed E-state index contributed by atoms with van der Waals surface area (Å²) in [6.07, 6.45) is 4.29. The third-order valence-electron chi connectivity index (χ3n) is 2.76. The lowest BCUT2D eigenvalue weighted by Gasteiger charge is -2.27. The van der Waals surface area contributed by atoms with Crippen LogP contribution >= 0.6 is 11.6 Å². The molecular weight excluding hydrogens is 198 g/mol. The molecule has 0 saturated heterocycles. The Morgan fingerprint density at radius 1 is 1.50 bits per heavy atom. The number of nitrogens with one attached hydrogen (secondary N) is 1. The van der Waals surface area contributed by atoms with Crippen LogP contribution in [0.3, 0.4) is 0 Å². The lowest BCUT2D eigenvalue weighted by molar-refractivity contribution is -0.128. The standard InChI is InChI=1S/C11H20ClNO/c1-8(2)6-10(7-12)13-11(14)9-4-3-5-9/h8-10H,3-7H2,1-2H3,(H,13,14). The highest BCUT2D eigenvalue weighted by Crippen LogP contribution is 2.26. The second-order valence-corrected chi connectivity index (χ2v) is 4.93. The fourth-order valence-electron chi connectivity index (χ4n) is 1.72. The first kappa shape index (κ1) is 11.8. The minimum absolute atomic E-state index is 0.157. The molecule has 0 heterocycles.